The first-order valence-corrected chi connectivity index (χ1v) is 5.15. The second kappa shape index (κ2) is 5.30. The molecule has 0 aromatic carbocycles. The van der Waals surface area contributed by atoms with Gasteiger partial charge in [-0.15, -0.1) is 0 Å². The predicted octanol–water partition coefficient (Wildman–Crippen LogP) is 1.43. The largest absolute Gasteiger partial charge is 0.384 e. The van der Waals surface area contributed by atoms with E-state index in [1.54, 1.807) is 0 Å². The molecule has 0 aliphatic rings. The first-order chi connectivity index (χ1) is 7.50. The summed E-state index contributed by atoms with van der Waals surface area (Å²) in [7, 11) is 0. The number of hydrogen-bond acceptors (Lipinski definition) is 3. The van der Waals surface area contributed by atoms with E-state index in [2.05, 4.69) is 10.3 Å². The Labute approximate surface area is 95.6 Å². The summed E-state index contributed by atoms with van der Waals surface area (Å²) in [6, 6.07) is 1.84. The molecule has 1 aromatic rings. The van der Waals surface area contributed by atoms with E-state index >= 15 is 0 Å². The molecule has 1 amide bonds. The van der Waals surface area contributed by atoms with E-state index in [4.69, 9.17) is 5.73 Å². The van der Waals surface area contributed by atoms with Gasteiger partial charge in [-0.05, 0) is 31.0 Å². The van der Waals surface area contributed by atoms with Crippen molar-refractivity contribution in [3.8, 4) is 0 Å². The van der Waals surface area contributed by atoms with Crippen LogP contribution in [0.25, 0.3) is 6.08 Å². The van der Waals surface area contributed by atoms with Gasteiger partial charge in [0.05, 0.1) is 0 Å². The fourth-order valence-electron chi connectivity index (χ4n) is 1.50. The number of nitrogen functional groups attached to an aromatic ring is 1. The van der Waals surface area contributed by atoms with Crippen LogP contribution in [-0.2, 0) is 4.79 Å². The maximum atomic E-state index is 10.7. The number of anilines is 1. The molecule has 86 valence electrons. The van der Waals surface area contributed by atoms with Gasteiger partial charge >= 0.3 is 0 Å². The lowest BCUT2D eigenvalue weighted by molar-refractivity contribution is -0.118. The maximum absolute atomic E-state index is 10.7. The van der Waals surface area contributed by atoms with Crippen LogP contribution < -0.4 is 11.1 Å². The standard InChI is InChI=1S/C12H17N3O/c1-8-7-12(13)15-9(2)11(8)5-4-6-14-10(3)16/h4-5,7H,6H2,1-3H3,(H2,13,15)(H,14,16). The Balaban J connectivity index is 2.77. The van der Waals surface area contributed by atoms with Gasteiger partial charge in [0.15, 0.2) is 0 Å². The van der Waals surface area contributed by atoms with Crippen LogP contribution >= 0.6 is 0 Å². The number of carbonyl (C=O) groups is 1. The molecule has 1 rings (SSSR count). The SMILES string of the molecule is CC(=O)NCC=Cc1c(C)cc(N)nc1C. The van der Waals surface area contributed by atoms with E-state index in [1.807, 2.05) is 32.1 Å². The lowest BCUT2D eigenvalue weighted by atomic mass is 10.1. The summed E-state index contributed by atoms with van der Waals surface area (Å²) in [6.45, 7) is 5.93. The molecule has 0 fully saturated rings. The van der Waals surface area contributed by atoms with Gasteiger partial charge in [0.1, 0.15) is 5.82 Å². The Morgan fingerprint density at radius 1 is 1.56 bits per heavy atom. The van der Waals surface area contributed by atoms with Crippen LogP contribution in [0.1, 0.15) is 23.7 Å². The molecule has 0 radical (unpaired) electrons. The molecule has 0 atom stereocenters. The van der Waals surface area contributed by atoms with Gasteiger partial charge in [0.2, 0.25) is 5.91 Å². The number of nitrogens with zero attached hydrogens (tertiary/aromatic N) is 1. The fraction of sp³-hybridized carbons (Fsp3) is 0.333. The van der Waals surface area contributed by atoms with Crippen molar-refractivity contribution in [3.05, 3.63) is 29.0 Å². The number of hydrogen-bond donors (Lipinski definition) is 2. The Kier molecular flexibility index (Phi) is 4.05. The highest BCUT2D eigenvalue weighted by atomic mass is 16.1. The molecule has 0 bridgehead atoms. The summed E-state index contributed by atoms with van der Waals surface area (Å²) in [5, 5.41) is 2.70. The third-order valence-corrected chi connectivity index (χ3v) is 2.23. The topological polar surface area (TPSA) is 68.0 Å². The summed E-state index contributed by atoms with van der Waals surface area (Å²) in [5.41, 5.74) is 8.67. The van der Waals surface area contributed by atoms with Gasteiger partial charge in [0.25, 0.3) is 0 Å². The molecular weight excluding hydrogens is 202 g/mol. The first kappa shape index (κ1) is 12.2. The molecule has 1 heterocycles. The van der Waals surface area contributed by atoms with Crippen LogP contribution in [0.4, 0.5) is 5.82 Å². The third kappa shape index (κ3) is 3.38. The zero-order chi connectivity index (χ0) is 12.1. The van der Waals surface area contributed by atoms with E-state index in [0.29, 0.717) is 12.4 Å². The minimum Gasteiger partial charge on any atom is -0.384 e. The number of pyridine rings is 1. The molecule has 0 aliphatic heterocycles. The van der Waals surface area contributed by atoms with Gasteiger partial charge in [-0.25, -0.2) is 4.98 Å². The van der Waals surface area contributed by atoms with E-state index in [1.165, 1.54) is 6.92 Å². The molecule has 0 unspecified atom stereocenters. The van der Waals surface area contributed by atoms with Crippen LogP contribution in [0.15, 0.2) is 12.1 Å². The summed E-state index contributed by atoms with van der Waals surface area (Å²) in [4.78, 5) is 14.8. The van der Waals surface area contributed by atoms with Gasteiger partial charge in [0, 0.05) is 19.2 Å². The molecule has 1 aromatic heterocycles. The minimum atomic E-state index is -0.0338. The zero-order valence-corrected chi connectivity index (χ0v) is 9.87. The number of nitrogens with two attached hydrogens (primary N) is 1. The van der Waals surface area contributed by atoms with Crippen molar-refractivity contribution in [2.45, 2.75) is 20.8 Å². The van der Waals surface area contributed by atoms with Gasteiger partial charge in [-0.3, -0.25) is 4.79 Å². The van der Waals surface area contributed by atoms with E-state index in [0.717, 1.165) is 16.8 Å². The highest BCUT2D eigenvalue weighted by Crippen LogP contribution is 2.15. The Morgan fingerprint density at radius 2 is 2.25 bits per heavy atom. The Bertz CT molecular complexity index is 401. The summed E-state index contributed by atoms with van der Waals surface area (Å²) >= 11 is 0. The Morgan fingerprint density at radius 3 is 2.81 bits per heavy atom. The number of amides is 1. The van der Waals surface area contributed by atoms with Crippen molar-refractivity contribution >= 4 is 17.8 Å². The van der Waals surface area contributed by atoms with Crippen molar-refractivity contribution in [2.24, 2.45) is 0 Å². The van der Waals surface area contributed by atoms with Crippen molar-refractivity contribution in [1.29, 1.82) is 0 Å². The lowest BCUT2D eigenvalue weighted by Crippen LogP contribution is -2.19. The molecule has 4 nitrogen and oxygen atoms in total. The fourth-order valence-corrected chi connectivity index (χ4v) is 1.50. The number of nitrogens with one attached hydrogen (secondary N) is 1. The molecule has 0 saturated heterocycles. The summed E-state index contributed by atoms with van der Waals surface area (Å²) in [6.07, 6.45) is 3.85. The molecule has 0 saturated carbocycles. The van der Waals surface area contributed by atoms with Crippen molar-refractivity contribution in [1.82, 2.24) is 10.3 Å². The second-order valence-corrected chi connectivity index (χ2v) is 3.70. The van der Waals surface area contributed by atoms with Crippen molar-refractivity contribution in [3.63, 3.8) is 0 Å². The zero-order valence-electron chi connectivity index (χ0n) is 9.87. The number of carbonyl (C=O) groups excluding carboxylic acids is 1. The minimum absolute atomic E-state index is 0.0338. The van der Waals surface area contributed by atoms with Crippen molar-refractivity contribution in [2.75, 3.05) is 12.3 Å². The average Bonchev–Trinajstić information content (AvgIpc) is 2.14. The maximum Gasteiger partial charge on any atom is 0.217 e. The lowest BCUT2D eigenvalue weighted by Gasteiger charge is -2.05. The molecule has 16 heavy (non-hydrogen) atoms. The molecular formula is C12H17N3O. The number of aromatic nitrogens is 1. The predicted molar refractivity (Wildman–Crippen MR) is 65.8 cm³/mol. The second-order valence-electron chi connectivity index (χ2n) is 3.70. The van der Waals surface area contributed by atoms with Crippen LogP contribution in [0, 0.1) is 13.8 Å². The highest BCUT2D eigenvalue weighted by Gasteiger charge is 2.01. The summed E-state index contributed by atoms with van der Waals surface area (Å²) < 4.78 is 0. The van der Waals surface area contributed by atoms with Crippen molar-refractivity contribution < 1.29 is 4.79 Å². The molecule has 0 aliphatic carbocycles. The summed E-state index contributed by atoms with van der Waals surface area (Å²) in [5.74, 6) is 0.502. The van der Waals surface area contributed by atoms with Crippen LogP contribution in [0.2, 0.25) is 0 Å². The van der Waals surface area contributed by atoms with E-state index in [9.17, 15) is 4.79 Å². The molecule has 3 N–H and O–H groups in total. The van der Waals surface area contributed by atoms with Gasteiger partial charge < -0.3 is 11.1 Å². The molecule has 4 heteroatoms. The first-order valence-electron chi connectivity index (χ1n) is 5.15. The van der Waals surface area contributed by atoms with Gasteiger partial charge in [-0.2, -0.15) is 0 Å². The monoisotopic (exact) mass is 219 g/mol. The molecule has 0 spiro atoms. The van der Waals surface area contributed by atoms with E-state index in [-0.39, 0.29) is 5.91 Å². The van der Waals surface area contributed by atoms with Crippen LogP contribution in [-0.4, -0.2) is 17.4 Å². The van der Waals surface area contributed by atoms with Crippen LogP contribution in [0.3, 0.4) is 0 Å². The highest BCUT2D eigenvalue weighted by molar-refractivity contribution is 5.73. The average molecular weight is 219 g/mol. The third-order valence-electron chi connectivity index (χ3n) is 2.23. The quantitative estimate of drug-likeness (QED) is 0.808. The number of rotatable bonds is 3. The normalized spacial score (nSPS) is 10.7. The van der Waals surface area contributed by atoms with Gasteiger partial charge in [-0.1, -0.05) is 12.2 Å². The smallest absolute Gasteiger partial charge is 0.217 e. The number of aryl methyl sites for hydroxylation is 2. The Hall–Kier alpha value is -1.84. The van der Waals surface area contributed by atoms with Crippen LogP contribution in [0.5, 0.6) is 0 Å². The van der Waals surface area contributed by atoms with E-state index < -0.39 is 0 Å².